The number of hydrogen-bond acceptors (Lipinski definition) is 6. The molecule has 13 heteroatoms. The van der Waals surface area contributed by atoms with Gasteiger partial charge in [-0.15, -0.1) is 10.2 Å². The fourth-order valence-electron chi connectivity index (χ4n) is 4.06. The number of rotatable bonds is 5. The predicted molar refractivity (Wildman–Crippen MR) is 125 cm³/mol. The van der Waals surface area contributed by atoms with E-state index in [-0.39, 0.29) is 35.9 Å². The Hall–Kier alpha value is -4.42. The highest BCUT2D eigenvalue weighted by atomic mass is 19.4. The van der Waals surface area contributed by atoms with Gasteiger partial charge in [0.2, 0.25) is 11.8 Å². The summed E-state index contributed by atoms with van der Waals surface area (Å²) in [4.78, 5) is 34.8. The number of urea groups is 1. The van der Waals surface area contributed by atoms with Crippen molar-refractivity contribution in [2.75, 3.05) is 32.1 Å². The van der Waals surface area contributed by atoms with Crippen molar-refractivity contribution in [2.45, 2.75) is 12.7 Å². The first-order chi connectivity index (χ1) is 17.6. The van der Waals surface area contributed by atoms with Crippen LogP contribution in [-0.2, 0) is 17.5 Å². The van der Waals surface area contributed by atoms with Gasteiger partial charge in [0, 0.05) is 50.8 Å². The number of nitrogens with zero attached hydrogens (tertiary/aromatic N) is 7. The second-order valence-electron chi connectivity index (χ2n) is 8.86. The number of amides is 3. The maximum Gasteiger partial charge on any atom is 0.470 e. The summed E-state index contributed by atoms with van der Waals surface area (Å²) in [6, 6.07) is 12.1. The van der Waals surface area contributed by atoms with Crippen LogP contribution in [0.3, 0.4) is 0 Å². The van der Waals surface area contributed by atoms with Crippen LogP contribution in [0.4, 0.5) is 23.7 Å². The molecule has 5 rings (SSSR count). The average Bonchev–Trinajstić information content (AvgIpc) is 3.48. The fourth-order valence-corrected chi connectivity index (χ4v) is 4.06. The molecule has 0 radical (unpaired) electrons. The molecule has 4 heterocycles. The van der Waals surface area contributed by atoms with E-state index >= 15 is 0 Å². The largest absolute Gasteiger partial charge is 0.470 e. The Morgan fingerprint density at radius 2 is 1.84 bits per heavy atom. The first-order valence-electron chi connectivity index (χ1n) is 11.3. The zero-order valence-electron chi connectivity index (χ0n) is 19.9. The van der Waals surface area contributed by atoms with Crippen LogP contribution in [0, 0.1) is 5.92 Å². The smallest absolute Gasteiger partial charge is 0.413 e. The van der Waals surface area contributed by atoms with E-state index in [0.717, 1.165) is 0 Å². The number of para-hydroxylation sites is 1. The highest BCUT2D eigenvalue weighted by Gasteiger charge is 2.39. The molecule has 3 aromatic heterocycles. The standard InChI is InChI=1S/C24H22F3N7O3/c1-31(2)23(36)33-11-16(12-33)21(35)34(18-6-4-3-5-7-18)14-17-13-32-9-8-15(10-19(32)28-17)20-29-30-22(37-20)24(25,26)27/h3-10,13,16H,11-12,14H2,1-2H3. The number of pyridine rings is 1. The average molecular weight is 513 g/mol. The molecule has 0 atom stereocenters. The lowest BCUT2D eigenvalue weighted by molar-refractivity contribution is -0.157. The van der Waals surface area contributed by atoms with E-state index in [1.54, 1.807) is 40.7 Å². The summed E-state index contributed by atoms with van der Waals surface area (Å²) in [5.41, 5.74) is 1.97. The van der Waals surface area contributed by atoms with E-state index in [1.807, 2.05) is 30.3 Å². The number of carbonyl (C=O) groups excluding carboxylic acids is 2. The molecule has 0 spiro atoms. The minimum atomic E-state index is -4.74. The molecular weight excluding hydrogens is 491 g/mol. The van der Waals surface area contributed by atoms with Crippen LogP contribution < -0.4 is 4.90 Å². The van der Waals surface area contributed by atoms with Crippen LogP contribution in [0.25, 0.3) is 17.1 Å². The van der Waals surface area contributed by atoms with Crippen molar-refractivity contribution >= 4 is 23.3 Å². The molecule has 0 aliphatic carbocycles. The van der Waals surface area contributed by atoms with Gasteiger partial charge in [0.05, 0.1) is 18.2 Å². The Bertz CT molecular complexity index is 1440. The molecule has 1 aliphatic rings. The number of likely N-dealkylation sites (tertiary alicyclic amines) is 1. The maximum absolute atomic E-state index is 13.4. The molecule has 3 amide bonds. The monoisotopic (exact) mass is 513 g/mol. The third-order valence-electron chi connectivity index (χ3n) is 5.96. The molecule has 10 nitrogen and oxygen atoms in total. The van der Waals surface area contributed by atoms with Gasteiger partial charge in [-0.25, -0.2) is 9.78 Å². The first kappa shape index (κ1) is 24.3. The summed E-state index contributed by atoms with van der Waals surface area (Å²) in [7, 11) is 3.33. The maximum atomic E-state index is 13.4. The molecule has 0 unspecified atom stereocenters. The normalized spacial score (nSPS) is 14.0. The third-order valence-corrected chi connectivity index (χ3v) is 5.96. The number of halogens is 3. The van der Waals surface area contributed by atoms with Crippen LogP contribution in [0.1, 0.15) is 11.6 Å². The summed E-state index contributed by atoms with van der Waals surface area (Å²) < 4.78 is 44.9. The molecule has 1 saturated heterocycles. The number of anilines is 1. The topological polar surface area (TPSA) is 100 Å². The lowest BCUT2D eigenvalue weighted by Crippen LogP contribution is -2.58. The van der Waals surface area contributed by atoms with Gasteiger partial charge >= 0.3 is 18.1 Å². The van der Waals surface area contributed by atoms with Crippen LogP contribution in [0.5, 0.6) is 0 Å². The quantitative estimate of drug-likeness (QED) is 0.405. The Labute approximate surface area is 208 Å². The van der Waals surface area contributed by atoms with Crippen molar-refractivity contribution in [3.8, 4) is 11.5 Å². The summed E-state index contributed by atoms with van der Waals surface area (Å²) >= 11 is 0. The molecule has 0 saturated carbocycles. The van der Waals surface area contributed by atoms with E-state index in [0.29, 0.717) is 30.1 Å². The Morgan fingerprint density at radius 3 is 2.49 bits per heavy atom. The molecule has 1 fully saturated rings. The third kappa shape index (κ3) is 4.84. The van der Waals surface area contributed by atoms with E-state index < -0.39 is 12.1 Å². The zero-order chi connectivity index (χ0) is 26.3. The van der Waals surface area contributed by atoms with E-state index in [1.165, 1.54) is 17.0 Å². The highest BCUT2D eigenvalue weighted by Crippen LogP contribution is 2.31. The van der Waals surface area contributed by atoms with E-state index in [2.05, 4.69) is 15.2 Å². The second-order valence-corrected chi connectivity index (χ2v) is 8.86. The number of hydrogen-bond donors (Lipinski definition) is 0. The molecule has 1 aliphatic heterocycles. The lowest BCUT2D eigenvalue weighted by Gasteiger charge is -2.41. The van der Waals surface area contributed by atoms with Crippen molar-refractivity contribution in [2.24, 2.45) is 5.92 Å². The lowest BCUT2D eigenvalue weighted by atomic mass is 9.98. The molecule has 0 N–H and O–H groups in total. The number of fused-ring (bicyclic) bond motifs is 1. The minimum Gasteiger partial charge on any atom is -0.413 e. The minimum absolute atomic E-state index is 0.128. The van der Waals surface area contributed by atoms with Gasteiger partial charge in [0.15, 0.2) is 0 Å². The van der Waals surface area contributed by atoms with E-state index in [4.69, 9.17) is 4.42 Å². The Morgan fingerprint density at radius 1 is 1.11 bits per heavy atom. The van der Waals surface area contributed by atoms with Crippen LogP contribution in [0.2, 0.25) is 0 Å². The number of benzene rings is 1. The Balaban J connectivity index is 1.38. The molecule has 37 heavy (non-hydrogen) atoms. The van der Waals surface area contributed by atoms with Gasteiger partial charge in [-0.05, 0) is 24.3 Å². The first-order valence-corrected chi connectivity index (χ1v) is 11.3. The van der Waals surface area contributed by atoms with Gasteiger partial charge < -0.3 is 23.5 Å². The SMILES string of the molecule is CN(C)C(=O)N1CC(C(=O)N(Cc2cn3ccc(-c4nnc(C(F)(F)F)o4)cc3n2)c2ccccc2)C1. The van der Waals surface area contributed by atoms with Crippen LogP contribution >= 0.6 is 0 Å². The van der Waals surface area contributed by atoms with Crippen molar-refractivity contribution < 1.29 is 27.2 Å². The van der Waals surface area contributed by atoms with Gasteiger partial charge in [-0.1, -0.05) is 18.2 Å². The van der Waals surface area contributed by atoms with Crippen molar-refractivity contribution in [3.63, 3.8) is 0 Å². The molecular formula is C24H22F3N7O3. The molecule has 192 valence electrons. The number of carbonyl (C=O) groups is 2. The number of imidazole rings is 1. The number of alkyl halides is 3. The van der Waals surface area contributed by atoms with Gasteiger partial charge in [-0.3, -0.25) is 4.79 Å². The molecule has 1 aromatic carbocycles. The van der Waals surface area contributed by atoms with Crippen molar-refractivity contribution in [3.05, 3.63) is 66.4 Å². The second kappa shape index (κ2) is 9.22. The Kier molecular flexibility index (Phi) is 6.05. The predicted octanol–water partition coefficient (Wildman–Crippen LogP) is 3.55. The van der Waals surface area contributed by atoms with Crippen LogP contribution in [-0.4, -0.2) is 68.5 Å². The van der Waals surface area contributed by atoms with Crippen molar-refractivity contribution in [1.82, 2.24) is 29.4 Å². The molecule has 4 aromatic rings. The van der Waals surface area contributed by atoms with Gasteiger partial charge in [-0.2, -0.15) is 13.2 Å². The van der Waals surface area contributed by atoms with E-state index in [9.17, 15) is 22.8 Å². The zero-order valence-corrected chi connectivity index (χ0v) is 19.9. The fraction of sp³-hybridized carbons (Fsp3) is 0.292. The number of aromatic nitrogens is 4. The summed E-state index contributed by atoms with van der Waals surface area (Å²) in [6.45, 7) is 0.826. The summed E-state index contributed by atoms with van der Waals surface area (Å²) in [6.07, 6.45) is -1.38. The van der Waals surface area contributed by atoms with Gasteiger partial charge in [0.1, 0.15) is 5.65 Å². The summed E-state index contributed by atoms with van der Waals surface area (Å²) in [5.74, 6) is -2.17. The van der Waals surface area contributed by atoms with Gasteiger partial charge in [0.25, 0.3) is 0 Å². The summed E-state index contributed by atoms with van der Waals surface area (Å²) in [5, 5.41) is 6.54. The van der Waals surface area contributed by atoms with Crippen molar-refractivity contribution in [1.29, 1.82) is 0 Å². The van der Waals surface area contributed by atoms with Crippen LogP contribution in [0.15, 0.2) is 59.3 Å². The highest BCUT2D eigenvalue weighted by molar-refractivity contribution is 5.96. The molecule has 0 bridgehead atoms.